The van der Waals surface area contributed by atoms with Gasteiger partial charge in [-0.2, -0.15) is 0 Å². The van der Waals surface area contributed by atoms with Crippen LogP contribution in [0.1, 0.15) is 40.0 Å². The maximum Gasteiger partial charge on any atom is 0.246 e. The van der Waals surface area contributed by atoms with Crippen molar-refractivity contribution in [3.8, 4) is 5.75 Å². The van der Waals surface area contributed by atoms with Gasteiger partial charge >= 0.3 is 0 Å². The Kier molecular flexibility index (Phi) is 9.75. The van der Waals surface area contributed by atoms with Gasteiger partial charge < -0.3 is 21.1 Å². The number of aliphatic imine (C=N–C) groups is 1. The van der Waals surface area contributed by atoms with Gasteiger partial charge in [0.25, 0.3) is 0 Å². The molecule has 1 aromatic rings. The predicted octanol–water partition coefficient (Wildman–Crippen LogP) is 3.33. The van der Waals surface area contributed by atoms with Gasteiger partial charge in [0.1, 0.15) is 12.3 Å². The Morgan fingerprint density at radius 1 is 1.15 bits per heavy atom. The molecule has 26 heavy (non-hydrogen) atoms. The second-order valence-electron chi connectivity index (χ2n) is 7.05. The van der Waals surface area contributed by atoms with Crippen LogP contribution >= 0.6 is 24.0 Å². The molecule has 1 saturated carbocycles. The molecule has 2 unspecified atom stereocenters. The van der Waals surface area contributed by atoms with Crippen LogP contribution in [0.3, 0.4) is 0 Å². The van der Waals surface area contributed by atoms with E-state index in [4.69, 9.17) is 0 Å². The summed E-state index contributed by atoms with van der Waals surface area (Å²) >= 11 is 0. The molecule has 2 atom stereocenters. The first kappa shape index (κ1) is 22.5. The molecular weight excluding hydrogens is 443 g/mol. The van der Waals surface area contributed by atoms with E-state index in [0.29, 0.717) is 29.5 Å². The lowest BCUT2D eigenvalue weighted by molar-refractivity contribution is -0.114. The molecule has 0 aromatic heterocycles. The number of hydrogen-bond acceptors (Lipinski definition) is 3. The van der Waals surface area contributed by atoms with Crippen molar-refractivity contribution in [1.82, 2.24) is 10.6 Å². The smallest absolute Gasteiger partial charge is 0.246 e. The minimum atomic E-state index is -0.187. The molecule has 1 aliphatic rings. The lowest BCUT2D eigenvalue weighted by Crippen LogP contribution is -2.46. The normalized spacial score (nSPS) is 22.9. The molecule has 0 spiro atoms. The van der Waals surface area contributed by atoms with E-state index in [1.54, 1.807) is 12.1 Å². The van der Waals surface area contributed by atoms with Crippen molar-refractivity contribution in [2.45, 2.75) is 46.1 Å². The van der Waals surface area contributed by atoms with Gasteiger partial charge in [-0.1, -0.05) is 13.8 Å². The zero-order chi connectivity index (χ0) is 18.2. The van der Waals surface area contributed by atoms with Crippen LogP contribution in [0, 0.1) is 11.8 Å². The molecule has 0 heterocycles. The Labute approximate surface area is 173 Å². The lowest BCUT2D eigenvalue weighted by atomic mass is 9.80. The molecule has 7 heteroatoms. The number of aromatic hydroxyl groups is 1. The van der Waals surface area contributed by atoms with Crippen molar-refractivity contribution in [2.75, 3.05) is 18.4 Å². The first-order valence-electron chi connectivity index (χ1n) is 9.10. The first-order chi connectivity index (χ1) is 12.0. The summed E-state index contributed by atoms with van der Waals surface area (Å²) < 4.78 is 0. The Hall–Kier alpha value is -1.51. The minimum Gasteiger partial charge on any atom is -0.508 e. The largest absolute Gasteiger partial charge is 0.508 e. The second kappa shape index (κ2) is 11.3. The number of halogens is 1. The maximum atomic E-state index is 12.1. The van der Waals surface area contributed by atoms with Gasteiger partial charge in [-0.05, 0) is 62.3 Å². The number of carbonyl (C=O) groups is 1. The molecule has 0 radical (unpaired) electrons. The molecule has 6 nitrogen and oxygen atoms in total. The van der Waals surface area contributed by atoms with Crippen LogP contribution in [0.25, 0.3) is 0 Å². The monoisotopic (exact) mass is 474 g/mol. The average Bonchev–Trinajstić information content (AvgIpc) is 2.54. The van der Waals surface area contributed by atoms with Crippen LogP contribution in [0.2, 0.25) is 0 Å². The summed E-state index contributed by atoms with van der Waals surface area (Å²) in [7, 11) is 0. The van der Waals surface area contributed by atoms with E-state index in [0.717, 1.165) is 19.4 Å². The van der Waals surface area contributed by atoms with Gasteiger partial charge in [0, 0.05) is 18.3 Å². The topological polar surface area (TPSA) is 85.8 Å². The zero-order valence-electron chi connectivity index (χ0n) is 15.8. The first-order valence-corrected chi connectivity index (χ1v) is 9.10. The van der Waals surface area contributed by atoms with Gasteiger partial charge in [-0.25, -0.2) is 4.99 Å². The third-order valence-electron chi connectivity index (χ3n) is 4.40. The average molecular weight is 474 g/mol. The lowest BCUT2D eigenvalue weighted by Gasteiger charge is -2.32. The molecular formula is C19H31IN4O2. The van der Waals surface area contributed by atoms with Crippen molar-refractivity contribution in [1.29, 1.82) is 0 Å². The number of phenolic OH excluding ortho intramolecular Hbond substituents is 1. The standard InChI is InChI=1S/C19H30N4O2.HI/c1-4-20-19(23-16-10-13(2)9-14(3)11-16)21-12-18(25)22-15-5-7-17(24)8-6-15;/h5-8,13-14,16,24H,4,9-12H2,1-3H3,(H,22,25)(H2,20,21,23);1H. The summed E-state index contributed by atoms with van der Waals surface area (Å²) in [6.45, 7) is 7.40. The summed E-state index contributed by atoms with van der Waals surface area (Å²) in [6.07, 6.45) is 3.55. The number of amides is 1. The summed E-state index contributed by atoms with van der Waals surface area (Å²) in [5.74, 6) is 2.09. The Balaban J connectivity index is 0.00000338. The van der Waals surface area contributed by atoms with E-state index in [2.05, 4.69) is 34.8 Å². The SMILES string of the molecule is CCNC(=NCC(=O)Nc1ccc(O)cc1)NC1CC(C)CC(C)C1.I. The van der Waals surface area contributed by atoms with Crippen molar-refractivity contribution >= 4 is 41.5 Å². The molecule has 1 amide bonds. The molecule has 0 saturated heterocycles. The van der Waals surface area contributed by atoms with E-state index >= 15 is 0 Å². The quantitative estimate of drug-likeness (QED) is 0.228. The van der Waals surface area contributed by atoms with E-state index in [1.807, 2.05) is 6.92 Å². The molecule has 1 aromatic carbocycles. The Bertz CT molecular complexity index is 582. The number of nitrogens with zero attached hydrogens (tertiary/aromatic N) is 1. The summed E-state index contributed by atoms with van der Waals surface area (Å²) in [5, 5.41) is 18.7. The molecule has 0 aliphatic heterocycles. The number of nitrogens with one attached hydrogen (secondary N) is 3. The highest BCUT2D eigenvalue weighted by atomic mass is 127. The highest BCUT2D eigenvalue weighted by molar-refractivity contribution is 14.0. The van der Waals surface area contributed by atoms with Crippen molar-refractivity contribution in [3.05, 3.63) is 24.3 Å². The van der Waals surface area contributed by atoms with Gasteiger partial charge in [0.2, 0.25) is 5.91 Å². The summed E-state index contributed by atoms with van der Waals surface area (Å²) in [6, 6.07) is 6.79. The number of anilines is 1. The van der Waals surface area contributed by atoms with Gasteiger partial charge in [-0.15, -0.1) is 24.0 Å². The van der Waals surface area contributed by atoms with Crippen LogP contribution in [-0.4, -0.2) is 36.1 Å². The number of carbonyl (C=O) groups excluding carboxylic acids is 1. The number of phenols is 1. The second-order valence-corrected chi connectivity index (χ2v) is 7.05. The van der Waals surface area contributed by atoms with Crippen LogP contribution in [0.15, 0.2) is 29.3 Å². The molecule has 4 N–H and O–H groups in total. The number of guanidine groups is 1. The predicted molar refractivity (Wildman–Crippen MR) is 117 cm³/mol. The molecule has 146 valence electrons. The fourth-order valence-corrected chi connectivity index (χ4v) is 3.47. The molecule has 1 aliphatic carbocycles. The Morgan fingerprint density at radius 3 is 2.35 bits per heavy atom. The van der Waals surface area contributed by atoms with Crippen LogP contribution in [0.4, 0.5) is 5.69 Å². The minimum absolute atomic E-state index is 0. The van der Waals surface area contributed by atoms with Crippen LogP contribution < -0.4 is 16.0 Å². The molecule has 1 fully saturated rings. The highest BCUT2D eigenvalue weighted by Crippen LogP contribution is 2.28. The van der Waals surface area contributed by atoms with E-state index in [-0.39, 0.29) is 42.2 Å². The summed E-state index contributed by atoms with van der Waals surface area (Å²) in [5.41, 5.74) is 0.644. The highest BCUT2D eigenvalue weighted by Gasteiger charge is 2.24. The van der Waals surface area contributed by atoms with Gasteiger partial charge in [-0.3, -0.25) is 4.79 Å². The fraction of sp³-hybridized carbons (Fsp3) is 0.579. The van der Waals surface area contributed by atoms with E-state index < -0.39 is 0 Å². The Morgan fingerprint density at radius 2 is 1.77 bits per heavy atom. The van der Waals surface area contributed by atoms with Crippen molar-refractivity contribution < 1.29 is 9.90 Å². The fourth-order valence-electron chi connectivity index (χ4n) is 3.47. The van der Waals surface area contributed by atoms with Crippen molar-refractivity contribution in [3.63, 3.8) is 0 Å². The third kappa shape index (κ3) is 7.80. The molecule has 0 bridgehead atoms. The van der Waals surface area contributed by atoms with Crippen molar-refractivity contribution in [2.24, 2.45) is 16.8 Å². The van der Waals surface area contributed by atoms with E-state index in [1.165, 1.54) is 18.6 Å². The summed E-state index contributed by atoms with van der Waals surface area (Å²) in [4.78, 5) is 16.5. The van der Waals surface area contributed by atoms with Crippen LogP contribution in [0.5, 0.6) is 5.75 Å². The van der Waals surface area contributed by atoms with Gasteiger partial charge in [0.15, 0.2) is 5.96 Å². The van der Waals surface area contributed by atoms with Crippen LogP contribution in [-0.2, 0) is 4.79 Å². The maximum absolute atomic E-state index is 12.1. The molecule has 2 rings (SSSR count). The van der Waals surface area contributed by atoms with E-state index in [9.17, 15) is 9.90 Å². The van der Waals surface area contributed by atoms with Gasteiger partial charge in [0.05, 0.1) is 0 Å². The third-order valence-corrected chi connectivity index (χ3v) is 4.40. The zero-order valence-corrected chi connectivity index (χ0v) is 18.1. The number of rotatable bonds is 5. The number of hydrogen-bond donors (Lipinski definition) is 4. The number of benzene rings is 1.